The van der Waals surface area contributed by atoms with E-state index in [-0.39, 0.29) is 11.9 Å². The lowest BCUT2D eigenvalue weighted by Crippen LogP contribution is -2.51. The minimum atomic E-state index is -0.435. The standard InChI is InChI=1S/C14H19ClN2O/c1-10(11-6-3-4-7-12(11)15)17-13(18)14(2)8-5-9-16-14/h3-4,6-7,10,16H,5,8-9H2,1-2H3,(H,17,18)/t10-,14?/m1/s1. The molecule has 1 unspecified atom stereocenters. The van der Waals surface area contributed by atoms with Gasteiger partial charge >= 0.3 is 0 Å². The molecule has 1 aromatic carbocycles. The fraction of sp³-hybridized carbons (Fsp3) is 0.500. The van der Waals surface area contributed by atoms with E-state index in [4.69, 9.17) is 11.6 Å². The van der Waals surface area contributed by atoms with Gasteiger partial charge in [0.15, 0.2) is 0 Å². The highest BCUT2D eigenvalue weighted by Crippen LogP contribution is 2.24. The maximum Gasteiger partial charge on any atom is 0.240 e. The molecule has 2 N–H and O–H groups in total. The number of rotatable bonds is 3. The summed E-state index contributed by atoms with van der Waals surface area (Å²) in [7, 11) is 0. The van der Waals surface area contributed by atoms with Crippen LogP contribution in [0.3, 0.4) is 0 Å². The van der Waals surface area contributed by atoms with Crippen molar-refractivity contribution in [1.29, 1.82) is 0 Å². The van der Waals surface area contributed by atoms with Crippen molar-refractivity contribution in [3.63, 3.8) is 0 Å². The van der Waals surface area contributed by atoms with E-state index in [2.05, 4.69) is 10.6 Å². The van der Waals surface area contributed by atoms with Crippen LogP contribution in [0.4, 0.5) is 0 Å². The van der Waals surface area contributed by atoms with Crippen molar-refractivity contribution in [3.8, 4) is 0 Å². The largest absolute Gasteiger partial charge is 0.348 e. The molecule has 0 bridgehead atoms. The molecule has 2 rings (SSSR count). The van der Waals surface area contributed by atoms with Gasteiger partial charge in [0.05, 0.1) is 11.6 Å². The monoisotopic (exact) mass is 266 g/mol. The molecule has 0 radical (unpaired) electrons. The predicted molar refractivity (Wildman–Crippen MR) is 73.7 cm³/mol. The predicted octanol–water partition coefficient (Wildman–Crippen LogP) is 2.66. The van der Waals surface area contributed by atoms with E-state index in [1.165, 1.54) is 0 Å². The van der Waals surface area contributed by atoms with Crippen LogP contribution >= 0.6 is 11.6 Å². The van der Waals surface area contributed by atoms with E-state index in [9.17, 15) is 4.79 Å². The average Bonchev–Trinajstić information content (AvgIpc) is 2.78. The van der Waals surface area contributed by atoms with Gasteiger partial charge in [-0.15, -0.1) is 0 Å². The van der Waals surface area contributed by atoms with Crippen LogP contribution < -0.4 is 10.6 Å². The van der Waals surface area contributed by atoms with Crippen molar-refractivity contribution >= 4 is 17.5 Å². The number of carbonyl (C=O) groups excluding carboxylic acids is 1. The van der Waals surface area contributed by atoms with Crippen LogP contribution in [0.15, 0.2) is 24.3 Å². The third-order valence-electron chi connectivity index (χ3n) is 3.59. The lowest BCUT2D eigenvalue weighted by molar-refractivity contribution is -0.127. The lowest BCUT2D eigenvalue weighted by Gasteiger charge is -2.26. The highest BCUT2D eigenvalue weighted by Gasteiger charge is 2.36. The van der Waals surface area contributed by atoms with Gasteiger partial charge in [0.2, 0.25) is 5.91 Å². The van der Waals surface area contributed by atoms with Crippen molar-refractivity contribution in [2.75, 3.05) is 6.54 Å². The van der Waals surface area contributed by atoms with E-state index in [0.717, 1.165) is 24.9 Å². The second-order valence-electron chi connectivity index (χ2n) is 5.08. The number of hydrogen-bond donors (Lipinski definition) is 2. The Bertz CT molecular complexity index is 441. The topological polar surface area (TPSA) is 41.1 Å². The van der Waals surface area contributed by atoms with E-state index in [0.29, 0.717) is 5.02 Å². The molecule has 0 aliphatic carbocycles. The zero-order valence-corrected chi connectivity index (χ0v) is 11.6. The molecular weight excluding hydrogens is 248 g/mol. The van der Waals surface area contributed by atoms with Gasteiger partial charge in [-0.2, -0.15) is 0 Å². The molecule has 3 nitrogen and oxygen atoms in total. The Kier molecular flexibility index (Phi) is 3.93. The molecule has 1 aliphatic rings. The molecule has 1 aliphatic heterocycles. The number of carbonyl (C=O) groups is 1. The Labute approximate surface area is 113 Å². The summed E-state index contributed by atoms with van der Waals surface area (Å²) in [4.78, 5) is 12.2. The van der Waals surface area contributed by atoms with Crippen LogP contribution in [0.5, 0.6) is 0 Å². The molecule has 2 atom stereocenters. The second kappa shape index (κ2) is 5.29. The van der Waals surface area contributed by atoms with Gasteiger partial charge in [-0.25, -0.2) is 0 Å². The van der Waals surface area contributed by atoms with Gasteiger partial charge in [-0.05, 0) is 44.9 Å². The number of amides is 1. The van der Waals surface area contributed by atoms with Crippen molar-refractivity contribution in [3.05, 3.63) is 34.9 Å². The zero-order valence-electron chi connectivity index (χ0n) is 10.8. The summed E-state index contributed by atoms with van der Waals surface area (Å²) >= 11 is 6.13. The maximum absolute atomic E-state index is 12.2. The van der Waals surface area contributed by atoms with Crippen LogP contribution in [0.2, 0.25) is 5.02 Å². The molecule has 1 heterocycles. The van der Waals surface area contributed by atoms with Gasteiger partial charge in [-0.3, -0.25) is 4.79 Å². The van der Waals surface area contributed by atoms with Crippen molar-refractivity contribution in [1.82, 2.24) is 10.6 Å². The Morgan fingerprint density at radius 3 is 2.83 bits per heavy atom. The van der Waals surface area contributed by atoms with E-state index >= 15 is 0 Å². The first-order valence-corrected chi connectivity index (χ1v) is 6.71. The molecule has 1 amide bonds. The normalized spacial score (nSPS) is 24.8. The second-order valence-corrected chi connectivity index (χ2v) is 5.49. The first-order chi connectivity index (χ1) is 8.53. The first-order valence-electron chi connectivity index (χ1n) is 6.33. The zero-order chi connectivity index (χ0) is 13.2. The quantitative estimate of drug-likeness (QED) is 0.883. The highest BCUT2D eigenvalue weighted by molar-refractivity contribution is 6.31. The molecule has 0 aromatic heterocycles. The summed E-state index contributed by atoms with van der Waals surface area (Å²) in [6.45, 7) is 4.82. The molecule has 4 heteroatoms. The van der Waals surface area contributed by atoms with E-state index in [1.807, 2.05) is 38.1 Å². The number of halogens is 1. The SMILES string of the molecule is C[C@@H](NC(=O)C1(C)CCCN1)c1ccccc1Cl. The van der Waals surface area contributed by atoms with Crippen molar-refractivity contribution in [2.24, 2.45) is 0 Å². The molecular formula is C14H19ClN2O. The molecule has 1 saturated heterocycles. The Hall–Kier alpha value is -1.06. The molecule has 1 fully saturated rings. The summed E-state index contributed by atoms with van der Waals surface area (Å²) in [5.41, 5.74) is 0.518. The first kappa shape index (κ1) is 13.4. The van der Waals surface area contributed by atoms with Crippen LogP contribution in [0, 0.1) is 0 Å². The smallest absolute Gasteiger partial charge is 0.240 e. The lowest BCUT2D eigenvalue weighted by atomic mass is 9.98. The minimum absolute atomic E-state index is 0.0485. The van der Waals surface area contributed by atoms with Crippen LogP contribution in [-0.2, 0) is 4.79 Å². The molecule has 0 saturated carbocycles. The molecule has 1 aromatic rings. The summed E-state index contributed by atoms with van der Waals surface area (Å²) in [5.74, 6) is 0.0485. The van der Waals surface area contributed by atoms with Gasteiger partial charge in [0.1, 0.15) is 0 Å². The summed E-state index contributed by atoms with van der Waals surface area (Å²) in [6, 6.07) is 7.53. The van der Waals surface area contributed by atoms with Crippen molar-refractivity contribution < 1.29 is 4.79 Å². The molecule has 0 spiro atoms. The third kappa shape index (κ3) is 2.68. The number of hydrogen-bond acceptors (Lipinski definition) is 2. The molecule has 18 heavy (non-hydrogen) atoms. The fourth-order valence-corrected chi connectivity index (χ4v) is 2.65. The Morgan fingerprint density at radius 1 is 1.50 bits per heavy atom. The minimum Gasteiger partial charge on any atom is -0.348 e. The van der Waals surface area contributed by atoms with E-state index < -0.39 is 5.54 Å². The maximum atomic E-state index is 12.2. The molecule has 98 valence electrons. The average molecular weight is 267 g/mol. The number of benzene rings is 1. The Balaban J connectivity index is 2.06. The third-order valence-corrected chi connectivity index (χ3v) is 3.93. The van der Waals surface area contributed by atoms with Gasteiger partial charge in [0, 0.05) is 5.02 Å². The summed E-state index contributed by atoms with van der Waals surface area (Å²) in [6.07, 6.45) is 1.93. The summed E-state index contributed by atoms with van der Waals surface area (Å²) < 4.78 is 0. The van der Waals surface area contributed by atoms with Gasteiger partial charge in [0.25, 0.3) is 0 Å². The van der Waals surface area contributed by atoms with E-state index in [1.54, 1.807) is 0 Å². The van der Waals surface area contributed by atoms with Crippen LogP contribution in [0.25, 0.3) is 0 Å². The van der Waals surface area contributed by atoms with Crippen molar-refractivity contribution in [2.45, 2.75) is 38.3 Å². The van der Waals surface area contributed by atoms with Crippen LogP contribution in [0.1, 0.15) is 38.3 Å². The highest BCUT2D eigenvalue weighted by atomic mass is 35.5. The van der Waals surface area contributed by atoms with Crippen LogP contribution in [-0.4, -0.2) is 18.0 Å². The number of nitrogens with one attached hydrogen (secondary N) is 2. The Morgan fingerprint density at radius 2 is 2.22 bits per heavy atom. The van der Waals surface area contributed by atoms with Gasteiger partial charge < -0.3 is 10.6 Å². The fourth-order valence-electron chi connectivity index (χ4n) is 2.35. The summed E-state index contributed by atoms with van der Waals surface area (Å²) in [5, 5.41) is 6.98. The van der Waals surface area contributed by atoms with Gasteiger partial charge in [-0.1, -0.05) is 29.8 Å².